The lowest BCUT2D eigenvalue weighted by Crippen LogP contribution is -2.50. The molecule has 1 saturated heterocycles. The minimum atomic E-state index is -0.491. The second-order valence-corrected chi connectivity index (χ2v) is 7.44. The first kappa shape index (κ1) is 19.2. The van der Waals surface area contributed by atoms with E-state index in [1.165, 1.54) is 0 Å². The maximum atomic E-state index is 12.1. The molecule has 0 radical (unpaired) electrons. The number of thiocarbonyl (C=S) groups is 1. The lowest BCUT2D eigenvalue weighted by Gasteiger charge is -2.34. The van der Waals surface area contributed by atoms with Crippen molar-refractivity contribution >= 4 is 29.3 Å². The van der Waals surface area contributed by atoms with Gasteiger partial charge in [0.2, 0.25) is 0 Å². The lowest BCUT2D eigenvalue weighted by atomic mass is 10.1. The number of nitrogens with zero attached hydrogens (tertiary/aromatic N) is 1. The summed E-state index contributed by atoms with van der Waals surface area (Å²) in [6.07, 6.45) is 1.21. The molecule has 1 aliphatic rings. The van der Waals surface area contributed by atoms with Gasteiger partial charge in [0.1, 0.15) is 5.60 Å². The van der Waals surface area contributed by atoms with E-state index >= 15 is 0 Å². The highest BCUT2D eigenvalue weighted by Gasteiger charge is 2.27. The maximum absolute atomic E-state index is 12.1. The minimum absolute atomic E-state index is 0.127. The van der Waals surface area contributed by atoms with E-state index < -0.39 is 5.60 Å². The topological polar surface area (TPSA) is 70.7 Å². The first-order chi connectivity index (χ1) is 11.7. The Hall–Kier alpha value is -2.15. The molecule has 1 heterocycles. The summed E-state index contributed by atoms with van der Waals surface area (Å²) in [7, 11) is 0. The van der Waals surface area contributed by atoms with Crippen LogP contribution in [0.5, 0.6) is 0 Å². The van der Waals surface area contributed by atoms with E-state index in [0.29, 0.717) is 23.8 Å². The molecule has 1 aromatic rings. The van der Waals surface area contributed by atoms with Crippen molar-refractivity contribution in [3.63, 3.8) is 0 Å². The van der Waals surface area contributed by atoms with Crippen LogP contribution in [0.3, 0.4) is 0 Å². The number of carbonyl (C=O) groups excluding carboxylic acids is 2. The fourth-order valence-electron chi connectivity index (χ4n) is 2.52. The highest BCUT2D eigenvalue weighted by Crippen LogP contribution is 2.15. The third kappa shape index (κ3) is 6.34. The van der Waals surface area contributed by atoms with Gasteiger partial charge in [0.25, 0.3) is 5.91 Å². The number of amides is 2. The molecule has 2 N–H and O–H groups in total. The van der Waals surface area contributed by atoms with Gasteiger partial charge in [-0.3, -0.25) is 10.1 Å². The Bertz CT molecular complexity index is 620. The standard InChI is InChI=1S/C18H25N3O3S/c1-18(2,3)24-17(23)21-11-9-14(10-12-21)19-16(25)20-15(22)13-7-5-4-6-8-13/h4-8,14H,9-12H2,1-3H3,(H2,19,20,22,25). The van der Waals surface area contributed by atoms with Crippen LogP contribution in [0, 0.1) is 0 Å². The molecule has 25 heavy (non-hydrogen) atoms. The van der Waals surface area contributed by atoms with Gasteiger partial charge in [-0.05, 0) is 58.0 Å². The minimum Gasteiger partial charge on any atom is -0.444 e. The van der Waals surface area contributed by atoms with E-state index in [-0.39, 0.29) is 18.0 Å². The second kappa shape index (κ2) is 8.29. The summed E-state index contributed by atoms with van der Waals surface area (Å²) < 4.78 is 5.38. The van der Waals surface area contributed by atoms with Gasteiger partial charge in [-0.1, -0.05) is 18.2 Å². The molecule has 1 aromatic carbocycles. The van der Waals surface area contributed by atoms with E-state index in [9.17, 15) is 9.59 Å². The molecule has 7 heteroatoms. The molecule has 0 atom stereocenters. The zero-order valence-electron chi connectivity index (χ0n) is 14.9. The number of hydrogen-bond acceptors (Lipinski definition) is 4. The third-order valence-corrected chi connectivity index (χ3v) is 3.96. The van der Waals surface area contributed by atoms with Crippen LogP contribution in [0.15, 0.2) is 30.3 Å². The summed E-state index contributed by atoms with van der Waals surface area (Å²) in [4.78, 5) is 25.8. The molecule has 0 unspecified atom stereocenters. The number of rotatable bonds is 2. The molecule has 1 aliphatic heterocycles. The fraction of sp³-hybridized carbons (Fsp3) is 0.500. The van der Waals surface area contributed by atoms with Crippen LogP contribution < -0.4 is 10.6 Å². The zero-order chi connectivity index (χ0) is 18.4. The number of piperidine rings is 1. The van der Waals surface area contributed by atoms with Crippen LogP contribution in [0.4, 0.5) is 4.79 Å². The average Bonchev–Trinajstić information content (AvgIpc) is 2.54. The average molecular weight is 363 g/mol. The van der Waals surface area contributed by atoms with Gasteiger partial charge in [0.05, 0.1) is 0 Å². The van der Waals surface area contributed by atoms with Crippen molar-refractivity contribution in [2.75, 3.05) is 13.1 Å². The highest BCUT2D eigenvalue weighted by atomic mass is 32.1. The van der Waals surface area contributed by atoms with Crippen LogP contribution in [-0.2, 0) is 4.74 Å². The summed E-state index contributed by atoms with van der Waals surface area (Å²) >= 11 is 5.22. The third-order valence-electron chi connectivity index (χ3n) is 3.74. The predicted octanol–water partition coefficient (Wildman–Crippen LogP) is 2.69. The molecule has 0 spiro atoms. The van der Waals surface area contributed by atoms with Crippen molar-refractivity contribution in [2.24, 2.45) is 0 Å². The SMILES string of the molecule is CC(C)(C)OC(=O)N1CCC(NC(=S)NC(=O)c2ccccc2)CC1. The van der Waals surface area contributed by atoms with Gasteiger partial charge in [0.15, 0.2) is 5.11 Å². The molecule has 1 fully saturated rings. The van der Waals surface area contributed by atoms with Crippen molar-refractivity contribution < 1.29 is 14.3 Å². The lowest BCUT2D eigenvalue weighted by molar-refractivity contribution is 0.0203. The van der Waals surface area contributed by atoms with Crippen LogP contribution in [0.25, 0.3) is 0 Å². The van der Waals surface area contributed by atoms with E-state index in [4.69, 9.17) is 17.0 Å². The Kier molecular flexibility index (Phi) is 6.36. The number of ether oxygens (including phenoxy) is 1. The van der Waals surface area contributed by atoms with Crippen LogP contribution in [-0.4, -0.2) is 46.7 Å². The van der Waals surface area contributed by atoms with Crippen molar-refractivity contribution in [2.45, 2.75) is 45.3 Å². The molecule has 6 nitrogen and oxygen atoms in total. The maximum Gasteiger partial charge on any atom is 0.410 e. The first-order valence-electron chi connectivity index (χ1n) is 8.39. The fourth-order valence-corrected chi connectivity index (χ4v) is 2.78. The quantitative estimate of drug-likeness (QED) is 0.791. The van der Waals surface area contributed by atoms with Crippen molar-refractivity contribution in [1.82, 2.24) is 15.5 Å². The Morgan fingerprint density at radius 2 is 1.76 bits per heavy atom. The Morgan fingerprint density at radius 1 is 1.16 bits per heavy atom. The summed E-state index contributed by atoms with van der Waals surface area (Å²) in [5, 5.41) is 6.14. The molecule has 2 rings (SSSR count). The number of carbonyl (C=O) groups is 2. The monoisotopic (exact) mass is 363 g/mol. The first-order valence-corrected chi connectivity index (χ1v) is 8.80. The molecule has 0 aromatic heterocycles. The molecular formula is C18H25N3O3S. The number of nitrogens with one attached hydrogen (secondary N) is 2. The molecule has 136 valence electrons. The predicted molar refractivity (Wildman–Crippen MR) is 100 cm³/mol. The number of benzene rings is 1. The van der Waals surface area contributed by atoms with Crippen LogP contribution in [0.1, 0.15) is 44.0 Å². The zero-order valence-corrected chi connectivity index (χ0v) is 15.7. The van der Waals surface area contributed by atoms with Gasteiger partial charge >= 0.3 is 6.09 Å². The Morgan fingerprint density at radius 3 is 2.32 bits per heavy atom. The van der Waals surface area contributed by atoms with Gasteiger partial charge in [-0.25, -0.2) is 4.79 Å². The molecule has 0 aliphatic carbocycles. The van der Waals surface area contributed by atoms with Gasteiger partial charge < -0.3 is 15.0 Å². The number of hydrogen-bond donors (Lipinski definition) is 2. The van der Waals surface area contributed by atoms with E-state index in [1.807, 2.05) is 26.8 Å². The number of likely N-dealkylation sites (tertiary alicyclic amines) is 1. The summed E-state index contributed by atoms with van der Waals surface area (Å²) in [5.74, 6) is -0.232. The second-order valence-electron chi connectivity index (χ2n) is 7.04. The van der Waals surface area contributed by atoms with E-state index in [0.717, 1.165) is 12.8 Å². The van der Waals surface area contributed by atoms with Crippen molar-refractivity contribution in [1.29, 1.82) is 0 Å². The largest absolute Gasteiger partial charge is 0.444 e. The molecule has 0 saturated carbocycles. The van der Waals surface area contributed by atoms with Gasteiger partial charge in [-0.15, -0.1) is 0 Å². The van der Waals surface area contributed by atoms with E-state index in [2.05, 4.69) is 10.6 Å². The van der Waals surface area contributed by atoms with Crippen molar-refractivity contribution in [3.8, 4) is 0 Å². The van der Waals surface area contributed by atoms with Crippen LogP contribution in [0.2, 0.25) is 0 Å². The summed E-state index contributed by atoms with van der Waals surface area (Å²) in [5.41, 5.74) is 0.0709. The smallest absolute Gasteiger partial charge is 0.410 e. The van der Waals surface area contributed by atoms with E-state index in [1.54, 1.807) is 29.2 Å². The summed E-state index contributed by atoms with van der Waals surface area (Å²) in [6.45, 7) is 6.76. The Labute approximate surface area is 153 Å². The molecular weight excluding hydrogens is 338 g/mol. The Balaban J connectivity index is 1.75. The van der Waals surface area contributed by atoms with Gasteiger partial charge in [-0.2, -0.15) is 0 Å². The van der Waals surface area contributed by atoms with Crippen LogP contribution >= 0.6 is 12.2 Å². The summed E-state index contributed by atoms with van der Waals surface area (Å²) in [6, 6.07) is 9.05. The molecule has 2 amide bonds. The normalized spacial score (nSPS) is 15.4. The van der Waals surface area contributed by atoms with Gasteiger partial charge in [0, 0.05) is 24.7 Å². The van der Waals surface area contributed by atoms with Crippen molar-refractivity contribution in [3.05, 3.63) is 35.9 Å². The molecule has 0 bridgehead atoms. The highest BCUT2D eigenvalue weighted by molar-refractivity contribution is 7.80.